The van der Waals surface area contributed by atoms with Crippen LogP contribution < -0.4 is 19.5 Å². The first-order chi connectivity index (χ1) is 13.2. The molecule has 0 amide bonds. The second kappa shape index (κ2) is 6.69. The van der Waals surface area contributed by atoms with Crippen LogP contribution in [0.25, 0.3) is 0 Å². The zero-order valence-electron chi connectivity index (χ0n) is 16.9. The molecule has 0 radical (unpaired) electrons. The fourth-order valence-electron chi connectivity index (χ4n) is 2.92. The summed E-state index contributed by atoms with van der Waals surface area (Å²) < 4.78 is 62.7. The average molecular weight is 333 g/mol. The summed E-state index contributed by atoms with van der Waals surface area (Å²) in [5, 5.41) is 2.75. The number of hydrogen-bond acceptors (Lipinski definition) is 4. The van der Waals surface area contributed by atoms with Gasteiger partial charge in [0.2, 0.25) is 6.79 Å². The first kappa shape index (κ1) is 11.3. The van der Waals surface area contributed by atoms with E-state index >= 15 is 0 Å². The molecule has 0 bridgehead atoms. The van der Waals surface area contributed by atoms with E-state index in [0.29, 0.717) is 22.8 Å². The normalized spacial score (nSPS) is 27.5. The highest BCUT2D eigenvalue weighted by atomic mass is 19.1. The average Bonchev–Trinajstić information content (AvgIpc) is 3.08. The molecule has 0 unspecified atom stereocenters. The fraction of sp³-hybridized carbons (Fsp3) is 0.368. The molecule has 2 aromatic rings. The SMILES string of the molecule is [2H]C1([2H])C[C@@H](c2ccc(F)cc2)[C@H](C([2H])([2H])Oc2ccc3c(c2)OCO3)CN1. The van der Waals surface area contributed by atoms with Gasteiger partial charge in [0, 0.05) is 21.3 Å². The van der Waals surface area contributed by atoms with Crippen molar-refractivity contribution in [1.82, 2.24) is 5.32 Å². The second-order valence-electron chi connectivity index (χ2n) is 5.76. The van der Waals surface area contributed by atoms with Crippen molar-refractivity contribution in [3.8, 4) is 17.2 Å². The molecule has 2 aliphatic rings. The van der Waals surface area contributed by atoms with E-state index in [-0.39, 0.29) is 19.8 Å². The minimum atomic E-state index is -2.10. The standard InChI is InChI=1S/C19H20FNO3/c20-15-3-1-13(2-4-15)17-7-8-21-10-14(17)11-22-16-5-6-18-19(9-16)24-12-23-18/h1-6,9,14,17,21H,7-8,10-12H2/t14-,17-/m0/s1/i8D2,11D2. The molecular weight excluding hydrogens is 309 g/mol. The van der Waals surface area contributed by atoms with Crippen molar-refractivity contribution in [3.63, 3.8) is 0 Å². The number of nitrogens with one attached hydrogen (secondary N) is 1. The molecule has 1 fully saturated rings. The zero-order chi connectivity index (χ0) is 19.9. The van der Waals surface area contributed by atoms with Crippen molar-refractivity contribution < 1.29 is 24.1 Å². The topological polar surface area (TPSA) is 39.7 Å². The van der Waals surface area contributed by atoms with Crippen molar-refractivity contribution in [3.05, 3.63) is 53.8 Å². The molecule has 1 saturated heterocycles. The highest BCUT2D eigenvalue weighted by Crippen LogP contribution is 2.36. The molecule has 2 aromatic carbocycles. The third-order valence-corrected chi connectivity index (χ3v) is 4.22. The van der Waals surface area contributed by atoms with Crippen LogP contribution >= 0.6 is 0 Å². The van der Waals surface area contributed by atoms with Gasteiger partial charge in [0.25, 0.3) is 0 Å². The molecule has 2 heterocycles. The van der Waals surface area contributed by atoms with Gasteiger partial charge in [-0.15, -0.1) is 0 Å². The molecule has 2 aliphatic heterocycles. The smallest absolute Gasteiger partial charge is 0.231 e. The van der Waals surface area contributed by atoms with Gasteiger partial charge in [-0.3, -0.25) is 0 Å². The van der Waals surface area contributed by atoms with E-state index in [1.807, 2.05) is 0 Å². The van der Waals surface area contributed by atoms with E-state index in [2.05, 4.69) is 5.32 Å². The molecule has 1 N–H and O–H groups in total. The van der Waals surface area contributed by atoms with E-state index in [1.54, 1.807) is 30.3 Å². The van der Waals surface area contributed by atoms with Crippen molar-refractivity contribution in [2.24, 2.45) is 5.92 Å². The number of hydrogen-bond donors (Lipinski definition) is 1. The Morgan fingerprint density at radius 2 is 2.04 bits per heavy atom. The largest absolute Gasteiger partial charge is 0.493 e. The van der Waals surface area contributed by atoms with Crippen molar-refractivity contribution in [1.29, 1.82) is 0 Å². The van der Waals surface area contributed by atoms with Gasteiger partial charge < -0.3 is 19.5 Å². The predicted octanol–water partition coefficient (Wildman–Crippen LogP) is 3.33. The van der Waals surface area contributed by atoms with Crippen LogP contribution in [0.1, 0.15) is 23.4 Å². The van der Waals surface area contributed by atoms with Crippen LogP contribution in [0.5, 0.6) is 17.2 Å². The van der Waals surface area contributed by atoms with Crippen LogP contribution in [0.3, 0.4) is 0 Å². The summed E-state index contributed by atoms with van der Waals surface area (Å²) in [6.07, 6.45) is 0.0489. The Balaban J connectivity index is 1.60. The van der Waals surface area contributed by atoms with Crippen LogP contribution in [-0.4, -0.2) is 26.4 Å². The van der Waals surface area contributed by atoms with Gasteiger partial charge in [0.1, 0.15) is 11.6 Å². The summed E-state index contributed by atoms with van der Waals surface area (Å²) in [5.41, 5.74) is 0.676. The number of ether oxygens (including phenoxy) is 3. The Morgan fingerprint density at radius 1 is 1.21 bits per heavy atom. The first-order valence-electron chi connectivity index (χ1n) is 9.83. The predicted molar refractivity (Wildman–Crippen MR) is 88.2 cm³/mol. The molecule has 0 saturated carbocycles. The molecule has 5 heteroatoms. The molecule has 4 rings (SSSR count). The number of piperidine rings is 1. The summed E-state index contributed by atoms with van der Waals surface area (Å²) in [5.74, 6) is -0.211. The molecule has 24 heavy (non-hydrogen) atoms. The third-order valence-electron chi connectivity index (χ3n) is 4.22. The maximum absolute atomic E-state index is 13.3. The lowest BCUT2D eigenvalue weighted by Gasteiger charge is -2.32. The van der Waals surface area contributed by atoms with Gasteiger partial charge >= 0.3 is 0 Å². The van der Waals surface area contributed by atoms with Gasteiger partial charge in [0.05, 0.1) is 9.30 Å². The maximum Gasteiger partial charge on any atom is 0.231 e. The van der Waals surface area contributed by atoms with Gasteiger partial charge in [-0.2, -0.15) is 0 Å². The highest BCUT2D eigenvalue weighted by Gasteiger charge is 2.27. The van der Waals surface area contributed by atoms with E-state index < -0.39 is 30.7 Å². The molecule has 126 valence electrons. The summed E-state index contributed by atoms with van der Waals surface area (Å²) in [6, 6.07) is 10.6. The van der Waals surface area contributed by atoms with Gasteiger partial charge in [-0.25, -0.2) is 4.39 Å². The number of benzene rings is 2. The summed E-state index contributed by atoms with van der Waals surface area (Å²) in [6.45, 7) is -3.56. The molecule has 4 nitrogen and oxygen atoms in total. The van der Waals surface area contributed by atoms with Crippen LogP contribution in [0.15, 0.2) is 42.5 Å². The Morgan fingerprint density at radius 3 is 2.92 bits per heavy atom. The second-order valence-corrected chi connectivity index (χ2v) is 5.76. The Labute approximate surface area is 146 Å². The Hall–Kier alpha value is -2.27. The molecule has 0 spiro atoms. The molecule has 0 aliphatic carbocycles. The Kier molecular flexibility index (Phi) is 3.15. The van der Waals surface area contributed by atoms with Gasteiger partial charge in [-0.05, 0) is 48.7 Å². The minimum absolute atomic E-state index is 0.0489. The lowest BCUT2D eigenvalue weighted by Crippen LogP contribution is -2.38. The zero-order valence-corrected chi connectivity index (χ0v) is 12.9. The lowest BCUT2D eigenvalue weighted by atomic mass is 9.81. The Bertz CT molecular complexity index is 863. The van der Waals surface area contributed by atoms with E-state index in [0.717, 1.165) is 0 Å². The quantitative estimate of drug-likeness (QED) is 0.932. The maximum atomic E-state index is 13.3. The summed E-state index contributed by atoms with van der Waals surface area (Å²) >= 11 is 0. The molecule has 0 aromatic heterocycles. The van der Waals surface area contributed by atoms with Crippen molar-refractivity contribution in [2.75, 3.05) is 26.4 Å². The number of fused-ring (bicyclic) bond motifs is 1. The summed E-state index contributed by atoms with van der Waals surface area (Å²) in [7, 11) is 0. The van der Waals surface area contributed by atoms with Crippen LogP contribution in [0.2, 0.25) is 0 Å². The third kappa shape index (κ3) is 3.17. The van der Waals surface area contributed by atoms with E-state index in [9.17, 15) is 4.39 Å². The van der Waals surface area contributed by atoms with Crippen molar-refractivity contribution in [2.45, 2.75) is 12.3 Å². The van der Waals surface area contributed by atoms with E-state index in [4.69, 9.17) is 19.7 Å². The van der Waals surface area contributed by atoms with Crippen molar-refractivity contribution >= 4 is 0 Å². The fourth-order valence-corrected chi connectivity index (χ4v) is 2.92. The monoisotopic (exact) mass is 333 g/mol. The number of halogens is 1. The van der Waals surface area contributed by atoms with Gasteiger partial charge in [0.15, 0.2) is 11.5 Å². The molecule has 2 atom stereocenters. The molecular formula is C19H20FNO3. The van der Waals surface area contributed by atoms with Crippen LogP contribution in [0, 0.1) is 11.7 Å². The summed E-state index contributed by atoms with van der Waals surface area (Å²) in [4.78, 5) is 0. The number of rotatable bonds is 4. The minimum Gasteiger partial charge on any atom is -0.493 e. The van der Waals surface area contributed by atoms with Crippen LogP contribution in [0.4, 0.5) is 4.39 Å². The van der Waals surface area contributed by atoms with Crippen LogP contribution in [-0.2, 0) is 0 Å². The first-order valence-corrected chi connectivity index (χ1v) is 7.83. The highest BCUT2D eigenvalue weighted by molar-refractivity contribution is 5.46. The van der Waals surface area contributed by atoms with E-state index in [1.165, 1.54) is 12.1 Å². The van der Waals surface area contributed by atoms with Gasteiger partial charge in [-0.1, -0.05) is 12.1 Å². The lowest BCUT2D eigenvalue weighted by molar-refractivity contribution is 0.173.